The van der Waals surface area contributed by atoms with Gasteiger partial charge in [0.15, 0.2) is 0 Å². The summed E-state index contributed by atoms with van der Waals surface area (Å²) in [5.74, 6) is 0.833. The van der Waals surface area contributed by atoms with Gasteiger partial charge in [-0.05, 0) is 18.8 Å². The zero-order valence-corrected chi connectivity index (χ0v) is 13.0. The Kier molecular flexibility index (Phi) is 5.89. The molecule has 2 rings (SSSR count). The first-order valence-electron chi connectivity index (χ1n) is 7.72. The molecule has 1 N–H and O–H groups in total. The molecule has 0 amide bonds. The van der Waals surface area contributed by atoms with Gasteiger partial charge >= 0.3 is 0 Å². The van der Waals surface area contributed by atoms with Crippen molar-refractivity contribution in [1.82, 2.24) is 9.78 Å². The van der Waals surface area contributed by atoms with Crippen molar-refractivity contribution in [2.24, 2.45) is 5.92 Å². The summed E-state index contributed by atoms with van der Waals surface area (Å²) in [6.07, 6.45) is 10.2. The van der Waals surface area contributed by atoms with E-state index < -0.39 is 0 Å². The van der Waals surface area contributed by atoms with E-state index in [0.717, 1.165) is 31.7 Å². The van der Waals surface area contributed by atoms with Crippen molar-refractivity contribution >= 4 is 17.3 Å². The number of unbranched alkanes of at least 4 members (excludes halogenated alkanes) is 1. The Morgan fingerprint density at radius 1 is 1.45 bits per heavy atom. The molecule has 1 fully saturated rings. The van der Waals surface area contributed by atoms with Gasteiger partial charge in [0.2, 0.25) is 0 Å². The maximum Gasteiger partial charge on any atom is 0.287 e. The van der Waals surface area contributed by atoms with Crippen molar-refractivity contribution in [3.05, 3.63) is 21.6 Å². The van der Waals surface area contributed by atoms with Crippen LogP contribution in [-0.4, -0.2) is 16.3 Å². The molecule has 0 radical (unpaired) electrons. The minimum absolute atomic E-state index is 0.189. The molecule has 0 aliphatic heterocycles. The molecule has 5 heteroatoms. The van der Waals surface area contributed by atoms with Gasteiger partial charge in [-0.15, -0.1) is 0 Å². The monoisotopic (exact) mass is 297 g/mol. The highest BCUT2D eigenvalue weighted by molar-refractivity contribution is 6.32. The number of nitrogens with zero attached hydrogens (tertiary/aromatic N) is 2. The lowest BCUT2D eigenvalue weighted by Gasteiger charge is -2.12. The number of aromatic nitrogens is 2. The van der Waals surface area contributed by atoms with Crippen molar-refractivity contribution in [2.75, 3.05) is 11.9 Å². The molecule has 1 aliphatic rings. The van der Waals surface area contributed by atoms with Crippen molar-refractivity contribution in [1.29, 1.82) is 0 Å². The van der Waals surface area contributed by atoms with Gasteiger partial charge in [-0.3, -0.25) is 4.79 Å². The van der Waals surface area contributed by atoms with E-state index in [1.807, 2.05) is 0 Å². The molecule has 1 aromatic rings. The summed E-state index contributed by atoms with van der Waals surface area (Å²) in [7, 11) is 0. The first-order chi connectivity index (χ1) is 9.72. The Morgan fingerprint density at radius 3 is 2.90 bits per heavy atom. The molecule has 0 bridgehead atoms. The topological polar surface area (TPSA) is 46.9 Å². The van der Waals surface area contributed by atoms with Crippen LogP contribution in [0.2, 0.25) is 5.02 Å². The van der Waals surface area contributed by atoms with Crippen LogP contribution in [0, 0.1) is 5.92 Å². The second-order valence-electron chi connectivity index (χ2n) is 5.62. The lowest BCUT2D eigenvalue weighted by molar-refractivity contribution is 0.518. The number of hydrogen-bond acceptors (Lipinski definition) is 3. The number of nitrogens with one attached hydrogen (secondary N) is 1. The van der Waals surface area contributed by atoms with Crippen LogP contribution in [0.4, 0.5) is 5.69 Å². The summed E-state index contributed by atoms with van der Waals surface area (Å²) in [4.78, 5) is 12.0. The molecule has 112 valence electrons. The van der Waals surface area contributed by atoms with E-state index in [-0.39, 0.29) is 10.6 Å². The van der Waals surface area contributed by atoms with E-state index >= 15 is 0 Å². The molecule has 0 unspecified atom stereocenters. The summed E-state index contributed by atoms with van der Waals surface area (Å²) < 4.78 is 1.45. The van der Waals surface area contributed by atoms with Crippen molar-refractivity contribution in [3.63, 3.8) is 0 Å². The fourth-order valence-electron chi connectivity index (χ4n) is 2.77. The van der Waals surface area contributed by atoms with E-state index in [9.17, 15) is 4.79 Å². The molecule has 1 saturated carbocycles. The summed E-state index contributed by atoms with van der Waals surface area (Å²) in [6.45, 7) is 3.59. The Labute approximate surface area is 125 Å². The number of rotatable bonds is 7. The molecule has 0 atom stereocenters. The van der Waals surface area contributed by atoms with Crippen molar-refractivity contribution in [3.8, 4) is 0 Å². The Morgan fingerprint density at radius 2 is 2.20 bits per heavy atom. The predicted octanol–water partition coefficient (Wildman–Crippen LogP) is 3.69. The average molecular weight is 298 g/mol. The molecule has 1 aromatic heterocycles. The van der Waals surface area contributed by atoms with E-state index in [2.05, 4.69) is 17.3 Å². The van der Waals surface area contributed by atoms with Crippen LogP contribution in [0.3, 0.4) is 0 Å². The molecule has 0 saturated heterocycles. The van der Waals surface area contributed by atoms with Crippen LogP contribution in [0.1, 0.15) is 51.9 Å². The smallest absolute Gasteiger partial charge is 0.287 e. The zero-order chi connectivity index (χ0) is 14.4. The van der Waals surface area contributed by atoms with Gasteiger partial charge in [-0.1, -0.05) is 50.6 Å². The van der Waals surface area contributed by atoms with Gasteiger partial charge in [-0.2, -0.15) is 5.10 Å². The lowest BCUT2D eigenvalue weighted by atomic mass is 10.0. The van der Waals surface area contributed by atoms with Crippen molar-refractivity contribution < 1.29 is 0 Å². The van der Waals surface area contributed by atoms with Gasteiger partial charge in [-0.25, -0.2) is 4.68 Å². The standard InChI is InChI=1S/C15H24ClN3O/c1-2-3-10-19-15(20)14(16)13(11-18-19)17-9-8-12-6-4-5-7-12/h11-12,17H,2-10H2,1H3. The van der Waals surface area contributed by atoms with Gasteiger partial charge < -0.3 is 5.32 Å². The van der Waals surface area contributed by atoms with Crippen LogP contribution in [0.15, 0.2) is 11.0 Å². The minimum atomic E-state index is -0.189. The third-order valence-corrected chi connectivity index (χ3v) is 4.42. The number of hydrogen-bond donors (Lipinski definition) is 1. The highest BCUT2D eigenvalue weighted by Crippen LogP contribution is 2.27. The highest BCUT2D eigenvalue weighted by atomic mass is 35.5. The van der Waals surface area contributed by atoms with Crippen LogP contribution in [0.25, 0.3) is 0 Å². The maximum absolute atomic E-state index is 12.0. The van der Waals surface area contributed by atoms with E-state index in [0.29, 0.717) is 12.2 Å². The van der Waals surface area contributed by atoms with Gasteiger partial charge in [0.25, 0.3) is 5.56 Å². The molecule has 20 heavy (non-hydrogen) atoms. The molecule has 1 aliphatic carbocycles. The number of anilines is 1. The Bertz CT molecular complexity index is 480. The largest absolute Gasteiger partial charge is 0.382 e. The van der Waals surface area contributed by atoms with E-state index in [1.54, 1.807) is 6.20 Å². The second-order valence-corrected chi connectivity index (χ2v) is 6.00. The minimum Gasteiger partial charge on any atom is -0.382 e. The fraction of sp³-hybridized carbons (Fsp3) is 0.733. The molecule has 1 heterocycles. The third-order valence-electron chi connectivity index (χ3n) is 4.05. The second kappa shape index (κ2) is 7.67. The Hall–Kier alpha value is -1.03. The zero-order valence-electron chi connectivity index (χ0n) is 12.2. The quantitative estimate of drug-likeness (QED) is 0.835. The molecule has 0 aromatic carbocycles. The highest BCUT2D eigenvalue weighted by Gasteiger charge is 2.15. The van der Waals surface area contributed by atoms with Crippen LogP contribution in [-0.2, 0) is 6.54 Å². The Balaban J connectivity index is 1.91. The first-order valence-corrected chi connectivity index (χ1v) is 8.09. The third kappa shape index (κ3) is 3.98. The maximum atomic E-state index is 12.0. The van der Waals surface area contributed by atoms with Gasteiger partial charge in [0, 0.05) is 13.1 Å². The van der Waals surface area contributed by atoms with Crippen LogP contribution >= 0.6 is 11.6 Å². The summed E-state index contributed by atoms with van der Waals surface area (Å²) in [6, 6.07) is 0. The summed E-state index contributed by atoms with van der Waals surface area (Å²) in [5.41, 5.74) is 0.480. The molecule has 4 nitrogen and oxygen atoms in total. The van der Waals surface area contributed by atoms with Crippen LogP contribution < -0.4 is 10.9 Å². The fourth-order valence-corrected chi connectivity index (χ4v) is 2.98. The van der Waals surface area contributed by atoms with Gasteiger partial charge in [0.05, 0.1) is 11.9 Å². The first kappa shape index (κ1) is 15.4. The predicted molar refractivity (Wildman–Crippen MR) is 83.5 cm³/mol. The molecular formula is C15H24ClN3O. The van der Waals surface area contributed by atoms with Gasteiger partial charge in [0.1, 0.15) is 5.02 Å². The number of halogens is 1. The normalized spacial score (nSPS) is 15.7. The molecular weight excluding hydrogens is 274 g/mol. The van der Waals surface area contributed by atoms with E-state index in [1.165, 1.54) is 30.4 Å². The van der Waals surface area contributed by atoms with Crippen molar-refractivity contribution in [2.45, 2.75) is 58.4 Å². The lowest BCUT2D eigenvalue weighted by Crippen LogP contribution is -2.24. The SMILES string of the molecule is CCCCn1ncc(NCCC2CCCC2)c(Cl)c1=O. The number of aryl methyl sites for hydroxylation is 1. The van der Waals surface area contributed by atoms with E-state index in [4.69, 9.17) is 11.6 Å². The molecule has 0 spiro atoms. The summed E-state index contributed by atoms with van der Waals surface area (Å²) in [5, 5.41) is 7.71. The average Bonchev–Trinajstić information content (AvgIpc) is 2.96. The summed E-state index contributed by atoms with van der Waals surface area (Å²) >= 11 is 6.14. The van der Waals surface area contributed by atoms with Crippen LogP contribution in [0.5, 0.6) is 0 Å².